The fourth-order valence-electron chi connectivity index (χ4n) is 1.83. The molecular weight excluding hydrogens is 264 g/mol. The number of alkyl halides is 2. The van der Waals surface area contributed by atoms with Crippen molar-refractivity contribution in [1.82, 2.24) is 15.1 Å². The Labute approximate surface area is 116 Å². The van der Waals surface area contributed by atoms with Crippen LogP contribution >= 0.6 is 0 Å². The SMILES string of the molecule is CCCNCc1ccn(-c2ccccc2OC(F)F)n1. The van der Waals surface area contributed by atoms with Crippen LogP contribution in [0.2, 0.25) is 0 Å². The first-order valence-corrected chi connectivity index (χ1v) is 6.50. The number of ether oxygens (including phenoxy) is 1. The summed E-state index contributed by atoms with van der Waals surface area (Å²) < 4.78 is 30.8. The van der Waals surface area contributed by atoms with Crippen molar-refractivity contribution >= 4 is 0 Å². The Bertz CT molecular complexity index is 543. The predicted molar refractivity (Wildman–Crippen MR) is 72.2 cm³/mol. The number of halogens is 2. The van der Waals surface area contributed by atoms with Crippen molar-refractivity contribution in [3.8, 4) is 11.4 Å². The van der Waals surface area contributed by atoms with E-state index in [1.165, 1.54) is 6.07 Å². The molecule has 0 saturated heterocycles. The van der Waals surface area contributed by atoms with Crippen LogP contribution in [0.5, 0.6) is 5.75 Å². The minimum atomic E-state index is -2.85. The second-order valence-corrected chi connectivity index (χ2v) is 4.27. The summed E-state index contributed by atoms with van der Waals surface area (Å²) >= 11 is 0. The van der Waals surface area contributed by atoms with Gasteiger partial charge in [-0.05, 0) is 31.2 Å². The molecule has 0 amide bonds. The summed E-state index contributed by atoms with van der Waals surface area (Å²) in [5.41, 5.74) is 1.35. The first-order chi connectivity index (χ1) is 9.70. The predicted octanol–water partition coefficient (Wildman–Crippen LogP) is 2.97. The van der Waals surface area contributed by atoms with E-state index in [0.717, 1.165) is 18.7 Å². The summed E-state index contributed by atoms with van der Waals surface area (Å²) in [4.78, 5) is 0. The van der Waals surface area contributed by atoms with Gasteiger partial charge in [0.15, 0.2) is 5.75 Å². The van der Waals surface area contributed by atoms with Crippen molar-refractivity contribution in [2.45, 2.75) is 26.5 Å². The molecule has 2 rings (SSSR count). The zero-order chi connectivity index (χ0) is 14.4. The monoisotopic (exact) mass is 281 g/mol. The third-order valence-electron chi connectivity index (χ3n) is 2.71. The average molecular weight is 281 g/mol. The van der Waals surface area contributed by atoms with Crippen LogP contribution in [0.15, 0.2) is 36.5 Å². The molecule has 6 heteroatoms. The van der Waals surface area contributed by atoms with Gasteiger partial charge in [-0.25, -0.2) is 4.68 Å². The highest BCUT2D eigenvalue weighted by molar-refractivity contribution is 5.46. The number of rotatable bonds is 7. The van der Waals surface area contributed by atoms with E-state index in [2.05, 4.69) is 22.1 Å². The van der Waals surface area contributed by atoms with Gasteiger partial charge in [-0.15, -0.1) is 0 Å². The minimum Gasteiger partial charge on any atom is -0.433 e. The third-order valence-corrected chi connectivity index (χ3v) is 2.71. The number of benzene rings is 1. The molecule has 4 nitrogen and oxygen atoms in total. The molecule has 0 fully saturated rings. The van der Waals surface area contributed by atoms with Gasteiger partial charge < -0.3 is 10.1 Å². The van der Waals surface area contributed by atoms with Gasteiger partial charge in [0.05, 0.1) is 5.69 Å². The fraction of sp³-hybridized carbons (Fsp3) is 0.357. The quantitative estimate of drug-likeness (QED) is 0.793. The molecule has 108 valence electrons. The second-order valence-electron chi connectivity index (χ2n) is 4.27. The maximum absolute atomic E-state index is 12.4. The fourth-order valence-corrected chi connectivity index (χ4v) is 1.83. The van der Waals surface area contributed by atoms with Crippen LogP contribution in [-0.2, 0) is 6.54 Å². The summed E-state index contributed by atoms with van der Waals surface area (Å²) in [5, 5.41) is 7.59. The molecule has 1 aromatic heterocycles. The van der Waals surface area contributed by atoms with Crippen molar-refractivity contribution in [3.63, 3.8) is 0 Å². The maximum atomic E-state index is 12.4. The molecule has 0 unspecified atom stereocenters. The molecule has 0 aliphatic rings. The van der Waals surface area contributed by atoms with Gasteiger partial charge >= 0.3 is 6.61 Å². The Morgan fingerprint density at radius 1 is 1.30 bits per heavy atom. The highest BCUT2D eigenvalue weighted by atomic mass is 19.3. The smallest absolute Gasteiger partial charge is 0.387 e. The molecular formula is C14H17F2N3O. The lowest BCUT2D eigenvalue weighted by atomic mass is 10.3. The zero-order valence-corrected chi connectivity index (χ0v) is 11.2. The molecule has 0 aliphatic heterocycles. The van der Waals surface area contributed by atoms with E-state index in [1.807, 2.05) is 6.07 Å². The van der Waals surface area contributed by atoms with Gasteiger partial charge in [0.25, 0.3) is 0 Å². The first kappa shape index (κ1) is 14.5. The Morgan fingerprint density at radius 2 is 2.10 bits per heavy atom. The van der Waals surface area contributed by atoms with Crippen molar-refractivity contribution in [2.24, 2.45) is 0 Å². The number of para-hydroxylation sites is 2. The third kappa shape index (κ3) is 3.77. The number of nitrogens with one attached hydrogen (secondary N) is 1. The molecule has 1 heterocycles. The van der Waals surface area contributed by atoms with E-state index in [4.69, 9.17) is 0 Å². The minimum absolute atomic E-state index is 0.110. The highest BCUT2D eigenvalue weighted by Crippen LogP contribution is 2.23. The van der Waals surface area contributed by atoms with Gasteiger partial charge in [-0.2, -0.15) is 13.9 Å². The van der Waals surface area contributed by atoms with Gasteiger partial charge in [-0.1, -0.05) is 19.1 Å². The molecule has 0 atom stereocenters. The molecule has 1 N–H and O–H groups in total. The molecule has 2 aromatic rings. The molecule has 0 aliphatic carbocycles. The summed E-state index contributed by atoms with van der Waals surface area (Å²) in [6.45, 7) is 0.803. The lowest BCUT2D eigenvalue weighted by Gasteiger charge is -2.10. The first-order valence-electron chi connectivity index (χ1n) is 6.50. The van der Waals surface area contributed by atoms with Crippen molar-refractivity contribution in [1.29, 1.82) is 0 Å². The molecule has 1 aromatic carbocycles. The number of nitrogens with zero attached hydrogens (tertiary/aromatic N) is 2. The van der Waals surface area contributed by atoms with Crippen LogP contribution in [0, 0.1) is 0 Å². The lowest BCUT2D eigenvalue weighted by Crippen LogP contribution is -2.14. The van der Waals surface area contributed by atoms with Crippen LogP contribution in [0.3, 0.4) is 0 Å². The average Bonchev–Trinajstić information content (AvgIpc) is 2.88. The van der Waals surface area contributed by atoms with Crippen LogP contribution in [0.4, 0.5) is 8.78 Å². The van der Waals surface area contributed by atoms with Crippen molar-refractivity contribution < 1.29 is 13.5 Å². The zero-order valence-electron chi connectivity index (χ0n) is 11.2. The summed E-state index contributed by atoms with van der Waals surface area (Å²) in [7, 11) is 0. The normalized spacial score (nSPS) is 11.0. The topological polar surface area (TPSA) is 39.1 Å². The Hall–Kier alpha value is -1.95. The van der Waals surface area contributed by atoms with Crippen molar-refractivity contribution in [2.75, 3.05) is 6.54 Å². The lowest BCUT2D eigenvalue weighted by molar-refractivity contribution is -0.0499. The highest BCUT2D eigenvalue weighted by Gasteiger charge is 2.11. The Morgan fingerprint density at radius 3 is 2.85 bits per heavy atom. The summed E-state index contributed by atoms with van der Waals surface area (Å²) in [5.74, 6) is 0.110. The number of aromatic nitrogens is 2. The van der Waals surface area contributed by atoms with E-state index in [-0.39, 0.29) is 5.75 Å². The van der Waals surface area contributed by atoms with Gasteiger partial charge in [-0.3, -0.25) is 0 Å². The van der Waals surface area contributed by atoms with E-state index < -0.39 is 6.61 Å². The second kappa shape index (κ2) is 7.00. The van der Waals surface area contributed by atoms with Crippen LogP contribution in [0.1, 0.15) is 19.0 Å². The molecule has 0 saturated carbocycles. The van der Waals surface area contributed by atoms with E-state index >= 15 is 0 Å². The van der Waals surface area contributed by atoms with Crippen LogP contribution in [-0.4, -0.2) is 22.9 Å². The molecule has 0 radical (unpaired) electrons. The largest absolute Gasteiger partial charge is 0.433 e. The summed E-state index contributed by atoms with van der Waals surface area (Å²) in [6, 6.07) is 8.44. The molecule has 0 bridgehead atoms. The van der Waals surface area contributed by atoms with Gasteiger partial charge in [0, 0.05) is 12.7 Å². The van der Waals surface area contributed by atoms with E-state index in [0.29, 0.717) is 12.2 Å². The Kier molecular flexibility index (Phi) is 5.06. The van der Waals surface area contributed by atoms with E-state index in [9.17, 15) is 8.78 Å². The summed E-state index contributed by atoms with van der Waals surface area (Å²) in [6.07, 6.45) is 2.78. The van der Waals surface area contributed by atoms with Crippen molar-refractivity contribution in [3.05, 3.63) is 42.2 Å². The Balaban J connectivity index is 2.15. The van der Waals surface area contributed by atoms with Crippen LogP contribution < -0.4 is 10.1 Å². The number of hydrogen-bond donors (Lipinski definition) is 1. The number of hydrogen-bond acceptors (Lipinski definition) is 3. The maximum Gasteiger partial charge on any atom is 0.387 e. The van der Waals surface area contributed by atoms with Gasteiger partial charge in [0.1, 0.15) is 5.69 Å². The molecule has 20 heavy (non-hydrogen) atoms. The van der Waals surface area contributed by atoms with Crippen LogP contribution in [0.25, 0.3) is 5.69 Å². The molecule has 0 spiro atoms. The standard InChI is InChI=1S/C14H17F2N3O/c1-2-8-17-10-11-7-9-19(18-11)12-5-3-4-6-13(12)20-14(15)16/h3-7,9,14,17H,2,8,10H2,1H3. The van der Waals surface area contributed by atoms with E-state index in [1.54, 1.807) is 29.1 Å². The van der Waals surface area contributed by atoms with Gasteiger partial charge in [0.2, 0.25) is 0 Å².